The number of rotatable bonds is 8. The quantitative estimate of drug-likeness (QED) is 0.398. The highest BCUT2D eigenvalue weighted by atomic mass is 35.5. The van der Waals surface area contributed by atoms with E-state index in [1.54, 1.807) is 4.57 Å². The summed E-state index contributed by atoms with van der Waals surface area (Å²) in [6, 6.07) is 10.1. The third-order valence-corrected chi connectivity index (χ3v) is 7.29. The van der Waals surface area contributed by atoms with Crippen LogP contribution in [0.2, 0.25) is 0 Å². The van der Waals surface area contributed by atoms with Gasteiger partial charge in [-0.15, -0.1) is 12.4 Å². The largest absolute Gasteiger partial charge is 0.477 e. The van der Waals surface area contributed by atoms with Crippen molar-refractivity contribution in [1.82, 2.24) is 14.9 Å². The Bertz CT molecular complexity index is 1430. The van der Waals surface area contributed by atoms with E-state index in [4.69, 9.17) is 5.73 Å². The summed E-state index contributed by atoms with van der Waals surface area (Å²) in [5.41, 5.74) is 5.94. The van der Waals surface area contributed by atoms with Gasteiger partial charge in [-0.1, -0.05) is 37.3 Å². The van der Waals surface area contributed by atoms with Gasteiger partial charge >= 0.3 is 5.97 Å². The molecule has 0 bridgehead atoms. The smallest absolute Gasteiger partial charge is 0.341 e. The number of nitrogens with zero attached hydrogens (tertiary/aromatic N) is 3. The zero-order chi connectivity index (χ0) is 26.3. The Labute approximate surface area is 225 Å². The molecule has 202 valence electrons. The molecule has 2 aromatic heterocycles. The van der Waals surface area contributed by atoms with E-state index in [-0.39, 0.29) is 46.5 Å². The van der Waals surface area contributed by atoms with E-state index < -0.39 is 23.3 Å². The van der Waals surface area contributed by atoms with E-state index in [0.717, 1.165) is 24.5 Å². The summed E-state index contributed by atoms with van der Waals surface area (Å²) in [6.07, 6.45) is 4.15. The van der Waals surface area contributed by atoms with Crippen molar-refractivity contribution in [3.05, 3.63) is 69.8 Å². The molecule has 0 radical (unpaired) electrons. The second-order valence-corrected chi connectivity index (χ2v) is 10.5. The molecule has 5 rings (SSSR count). The monoisotopic (exact) mass is 543 g/mol. The van der Waals surface area contributed by atoms with Crippen molar-refractivity contribution in [3.8, 4) is 0 Å². The second kappa shape index (κ2) is 10.7. The molecular weight excluding hydrogens is 513 g/mol. The average molecular weight is 544 g/mol. The normalized spacial score (nSPS) is 19.7. The lowest BCUT2D eigenvalue weighted by Gasteiger charge is -2.26. The number of fused-ring (bicyclic) bond motifs is 1. The molecule has 1 amide bonds. The Morgan fingerprint density at radius 1 is 1.29 bits per heavy atom. The van der Waals surface area contributed by atoms with Gasteiger partial charge in [0.25, 0.3) is 0 Å². The lowest BCUT2D eigenvalue weighted by Crippen LogP contribution is -2.46. The zero-order valence-corrected chi connectivity index (χ0v) is 21.8. The summed E-state index contributed by atoms with van der Waals surface area (Å²) >= 11 is 0. The molecule has 1 aromatic carbocycles. The minimum Gasteiger partial charge on any atom is -0.477 e. The van der Waals surface area contributed by atoms with Crippen LogP contribution in [0.25, 0.3) is 11.0 Å². The molecule has 2 atom stereocenters. The highest BCUT2D eigenvalue weighted by Gasteiger charge is 2.37. The Morgan fingerprint density at radius 3 is 2.66 bits per heavy atom. The fourth-order valence-electron chi connectivity index (χ4n) is 4.98. The highest BCUT2D eigenvalue weighted by Crippen LogP contribution is 2.38. The maximum Gasteiger partial charge on any atom is 0.341 e. The number of amides is 1. The number of nitrogens with one attached hydrogen (secondary N) is 1. The Hall–Kier alpha value is -3.50. The Kier molecular flexibility index (Phi) is 7.75. The van der Waals surface area contributed by atoms with Crippen molar-refractivity contribution in [2.45, 2.75) is 44.7 Å². The van der Waals surface area contributed by atoms with Gasteiger partial charge in [-0.2, -0.15) is 0 Å². The molecule has 2 fully saturated rings. The summed E-state index contributed by atoms with van der Waals surface area (Å²) in [5, 5.41) is 12.3. The minimum absolute atomic E-state index is 0. The van der Waals surface area contributed by atoms with E-state index in [2.05, 4.69) is 10.3 Å². The van der Waals surface area contributed by atoms with Gasteiger partial charge in [-0.05, 0) is 37.3 Å². The van der Waals surface area contributed by atoms with E-state index in [0.29, 0.717) is 38.1 Å². The molecular formula is C27H31ClFN5O4. The van der Waals surface area contributed by atoms with Crippen molar-refractivity contribution in [3.63, 3.8) is 0 Å². The minimum atomic E-state index is -1.34. The summed E-state index contributed by atoms with van der Waals surface area (Å²) in [6.45, 7) is 3.39. The van der Waals surface area contributed by atoms with Crippen LogP contribution in [-0.4, -0.2) is 52.2 Å². The third kappa shape index (κ3) is 5.51. The summed E-state index contributed by atoms with van der Waals surface area (Å²) in [5.74, 6) is -2.12. The van der Waals surface area contributed by atoms with Crippen molar-refractivity contribution < 1.29 is 19.1 Å². The van der Waals surface area contributed by atoms with Crippen molar-refractivity contribution in [1.29, 1.82) is 0 Å². The number of halogens is 2. The first kappa shape index (κ1) is 27.5. The number of hydrogen-bond acceptors (Lipinski definition) is 6. The van der Waals surface area contributed by atoms with Gasteiger partial charge in [0.2, 0.25) is 11.3 Å². The van der Waals surface area contributed by atoms with Crippen LogP contribution in [0.3, 0.4) is 0 Å². The van der Waals surface area contributed by atoms with Crippen LogP contribution in [0.4, 0.5) is 10.2 Å². The van der Waals surface area contributed by atoms with Crippen LogP contribution < -0.4 is 21.4 Å². The highest BCUT2D eigenvalue weighted by molar-refractivity contribution is 5.92. The van der Waals surface area contributed by atoms with Crippen LogP contribution in [0.15, 0.2) is 47.4 Å². The number of carboxylic acid groups (broad SMARTS) is 1. The summed E-state index contributed by atoms with van der Waals surface area (Å²) in [4.78, 5) is 43.2. The van der Waals surface area contributed by atoms with Gasteiger partial charge in [-0.25, -0.2) is 14.2 Å². The number of nitrogens with two attached hydrogens (primary N) is 1. The van der Waals surface area contributed by atoms with Crippen LogP contribution in [0.5, 0.6) is 0 Å². The van der Waals surface area contributed by atoms with E-state index in [1.807, 2.05) is 42.2 Å². The molecule has 38 heavy (non-hydrogen) atoms. The average Bonchev–Trinajstić information content (AvgIpc) is 3.64. The molecule has 1 aliphatic heterocycles. The number of carboxylic acids is 1. The van der Waals surface area contributed by atoms with Crippen LogP contribution >= 0.6 is 12.4 Å². The molecule has 2 unspecified atom stereocenters. The number of benzene rings is 1. The van der Waals surface area contributed by atoms with Gasteiger partial charge in [0.15, 0.2) is 11.6 Å². The van der Waals surface area contributed by atoms with Gasteiger partial charge < -0.3 is 25.6 Å². The van der Waals surface area contributed by atoms with Gasteiger partial charge in [-0.3, -0.25) is 9.59 Å². The maximum absolute atomic E-state index is 15.2. The molecule has 3 heterocycles. The molecule has 1 saturated carbocycles. The van der Waals surface area contributed by atoms with Gasteiger partial charge in [0, 0.05) is 37.3 Å². The van der Waals surface area contributed by atoms with Crippen LogP contribution in [-0.2, 0) is 11.2 Å². The molecule has 9 nitrogen and oxygen atoms in total. The van der Waals surface area contributed by atoms with Crippen molar-refractivity contribution >= 4 is 41.1 Å². The SMILES string of the molecule is CC1(CNC(=O)C(N)Cc2ccccc2)CCN(c2nc3c(cc2F)c(=O)c(C(=O)O)cn3C2CC2)C1.Cl. The first-order valence-corrected chi connectivity index (χ1v) is 12.5. The topological polar surface area (TPSA) is 131 Å². The van der Waals surface area contributed by atoms with Crippen molar-refractivity contribution in [2.75, 3.05) is 24.5 Å². The van der Waals surface area contributed by atoms with Gasteiger partial charge in [0.1, 0.15) is 11.2 Å². The van der Waals surface area contributed by atoms with E-state index in [9.17, 15) is 19.5 Å². The molecule has 11 heteroatoms. The molecule has 3 aromatic rings. The number of carbonyl (C=O) groups is 2. The fraction of sp³-hybridized carbons (Fsp3) is 0.407. The fourth-order valence-corrected chi connectivity index (χ4v) is 4.98. The number of anilines is 1. The Morgan fingerprint density at radius 2 is 2.00 bits per heavy atom. The number of aromatic nitrogens is 2. The predicted octanol–water partition coefficient (Wildman–Crippen LogP) is 2.89. The first-order valence-electron chi connectivity index (χ1n) is 12.5. The number of pyridine rings is 2. The molecule has 4 N–H and O–H groups in total. The number of hydrogen-bond donors (Lipinski definition) is 3. The van der Waals surface area contributed by atoms with E-state index >= 15 is 4.39 Å². The van der Waals surface area contributed by atoms with Crippen molar-refractivity contribution in [2.24, 2.45) is 11.1 Å². The summed E-state index contributed by atoms with van der Waals surface area (Å²) < 4.78 is 16.9. The van der Waals surface area contributed by atoms with Crippen LogP contribution in [0, 0.1) is 11.2 Å². The summed E-state index contributed by atoms with van der Waals surface area (Å²) in [7, 11) is 0. The standard InChI is InChI=1S/C27H30FN5O4.ClH/c1-27(14-30-25(35)21(29)11-16-5-3-2-4-6-16)9-10-32(15-27)24-20(28)12-18-22(34)19(26(36)37)13-33(17-7-8-17)23(18)31-24;/h2-6,12-13,17,21H,7-11,14-15,29H2,1H3,(H,30,35)(H,36,37);1H. The van der Waals surface area contributed by atoms with E-state index in [1.165, 1.54) is 6.20 Å². The Balaban J connectivity index is 0.00000336. The lowest BCUT2D eigenvalue weighted by atomic mass is 9.89. The third-order valence-electron chi connectivity index (χ3n) is 7.29. The van der Waals surface area contributed by atoms with Crippen LogP contribution in [0.1, 0.15) is 48.1 Å². The molecule has 1 saturated heterocycles. The zero-order valence-electron chi connectivity index (χ0n) is 21.0. The number of carbonyl (C=O) groups excluding carboxylic acids is 1. The first-order chi connectivity index (χ1) is 17.6. The van der Waals surface area contributed by atoms with Gasteiger partial charge in [0.05, 0.1) is 11.4 Å². The predicted molar refractivity (Wildman–Crippen MR) is 145 cm³/mol. The number of aromatic carboxylic acids is 1. The molecule has 2 aliphatic rings. The maximum atomic E-state index is 15.2. The lowest BCUT2D eigenvalue weighted by molar-refractivity contribution is -0.122. The molecule has 0 spiro atoms. The second-order valence-electron chi connectivity index (χ2n) is 10.5. The molecule has 1 aliphatic carbocycles.